The fourth-order valence-electron chi connectivity index (χ4n) is 2.19. The number of halogens is 3. The molecule has 1 aromatic carbocycles. The maximum Gasteiger partial charge on any atom is 0.418 e. The number of nitrogens with zero attached hydrogens (tertiary/aromatic N) is 2. The maximum atomic E-state index is 12.9. The fourth-order valence-corrected chi connectivity index (χ4v) is 2.19. The summed E-state index contributed by atoms with van der Waals surface area (Å²) < 4.78 is 38.7. The molecule has 23 heavy (non-hydrogen) atoms. The van der Waals surface area contributed by atoms with Crippen LogP contribution >= 0.6 is 0 Å². The van der Waals surface area contributed by atoms with Crippen LogP contribution in [0.2, 0.25) is 0 Å². The van der Waals surface area contributed by atoms with Crippen LogP contribution in [0.25, 0.3) is 0 Å². The van der Waals surface area contributed by atoms with Crippen molar-refractivity contribution < 1.29 is 18.0 Å². The van der Waals surface area contributed by atoms with Crippen molar-refractivity contribution in [3.8, 4) is 6.07 Å². The van der Waals surface area contributed by atoms with Crippen LogP contribution in [0.15, 0.2) is 36.0 Å². The third-order valence-electron chi connectivity index (χ3n) is 3.36. The average molecular weight is 324 g/mol. The van der Waals surface area contributed by atoms with Crippen molar-refractivity contribution in [2.75, 3.05) is 31.5 Å². The van der Waals surface area contributed by atoms with Gasteiger partial charge in [0.2, 0.25) is 0 Å². The summed E-state index contributed by atoms with van der Waals surface area (Å²) in [5.41, 5.74) is -1.30. The lowest BCUT2D eigenvalue weighted by atomic mass is 10.1. The standard InChI is InChI=1S/C15H15F3N4O/c16-15(17,18)12-3-1-2-4-13(12)21-10-11(9-19)14(23)22-7-5-20-6-8-22/h1-4,10,20-21H,5-8H2/b11-10-. The molecule has 5 nitrogen and oxygen atoms in total. The van der Waals surface area contributed by atoms with Crippen LogP contribution in [0, 0.1) is 11.3 Å². The number of alkyl halides is 3. The summed E-state index contributed by atoms with van der Waals surface area (Å²) in [6.45, 7) is 2.15. The van der Waals surface area contributed by atoms with Gasteiger partial charge < -0.3 is 15.5 Å². The van der Waals surface area contributed by atoms with Gasteiger partial charge in [0.05, 0.1) is 11.3 Å². The topological polar surface area (TPSA) is 68.2 Å². The Bertz CT molecular complexity index is 643. The molecule has 0 saturated carbocycles. The van der Waals surface area contributed by atoms with Gasteiger partial charge in [0, 0.05) is 32.4 Å². The van der Waals surface area contributed by atoms with Gasteiger partial charge in [0.25, 0.3) is 5.91 Å². The molecule has 0 atom stereocenters. The molecule has 2 rings (SSSR count). The summed E-state index contributed by atoms with van der Waals surface area (Å²) in [6.07, 6.45) is -3.50. The van der Waals surface area contributed by atoms with E-state index < -0.39 is 17.6 Å². The largest absolute Gasteiger partial charge is 0.418 e. The fraction of sp³-hybridized carbons (Fsp3) is 0.333. The van der Waals surface area contributed by atoms with Crippen molar-refractivity contribution in [2.45, 2.75) is 6.18 Å². The number of amides is 1. The van der Waals surface area contributed by atoms with Crippen molar-refractivity contribution in [3.63, 3.8) is 0 Å². The van der Waals surface area contributed by atoms with Crippen LogP contribution in [0.3, 0.4) is 0 Å². The van der Waals surface area contributed by atoms with Crippen LogP contribution in [0.1, 0.15) is 5.56 Å². The molecule has 1 heterocycles. The van der Waals surface area contributed by atoms with Crippen LogP contribution in [-0.2, 0) is 11.0 Å². The Balaban J connectivity index is 2.17. The Hall–Kier alpha value is -2.53. The molecule has 1 aliphatic rings. The predicted octanol–water partition coefficient (Wildman–Crippen LogP) is 1.96. The number of piperazine rings is 1. The Kier molecular flexibility index (Phi) is 5.24. The number of carbonyl (C=O) groups is 1. The van der Waals surface area contributed by atoms with E-state index in [-0.39, 0.29) is 11.3 Å². The number of rotatable bonds is 3. The van der Waals surface area contributed by atoms with E-state index in [0.717, 1.165) is 12.3 Å². The van der Waals surface area contributed by atoms with Crippen molar-refractivity contribution in [1.82, 2.24) is 10.2 Å². The van der Waals surface area contributed by atoms with E-state index in [1.165, 1.54) is 23.1 Å². The molecule has 0 aromatic heterocycles. The zero-order chi connectivity index (χ0) is 16.9. The monoisotopic (exact) mass is 324 g/mol. The second-order valence-corrected chi connectivity index (χ2v) is 4.90. The van der Waals surface area contributed by atoms with Gasteiger partial charge >= 0.3 is 6.18 Å². The zero-order valence-corrected chi connectivity index (χ0v) is 12.2. The average Bonchev–Trinajstić information content (AvgIpc) is 2.55. The number of nitriles is 1. The first kappa shape index (κ1) is 16.8. The van der Waals surface area contributed by atoms with E-state index in [2.05, 4.69) is 10.6 Å². The highest BCUT2D eigenvalue weighted by Gasteiger charge is 2.33. The van der Waals surface area contributed by atoms with Crippen LogP contribution in [0.5, 0.6) is 0 Å². The number of benzene rings is 1. The minimum atomic E-state index is -4.52. The molecule has 0 spiro atoms. The molecule has 1 amide bonds. The number of para-hydroxylation sites is 1. The lowest BCUT2D eigenvalue weighted by Crippen LogP contribution is -2.46. The van der Waals surface area contributed by atoms with E-state index in [9.17, 15) is 18.0 Å². The molecular formula is C15H15F3N4O. The van der Waals surface area contributed by atoms with Crippen molar-refractivity contribution in [3.05, 3.63) is 41.6 Å². The molecule has 0 unspecified atom stereocenters. The summed E-state index contributed by atoms with van der Waals surface area (Å²) in [4.78, 5) is 13.7. The van der Waals surface area contributed by atoms with Gasteiger partial charge in [0.15, 0.2) is 0 Å². The molecule has 8 heteroatoms. The Morgan fingerprint density at radius 3 is 2.57 bits per heavy atom. The first-order chi connectivity index (χ1) is 10.9. The van der Waals surface area contributed by atoms with Gasteiger partial charge in [-0.15, -0.1) is 0 Å². The minimum Gasteiger partial charge on any atom is -0.360 e. The normalized spacial score (nSPS) is 15.9. The summed E-state index contributed by atoms with van der Waals surface area (Å²) in [5.74, 6) is -0.494. The van der Waals surface area contributed by atoms with E-state index in [0.29, 0.717) is 26.2 Å². The van der Waals surface area contributed by atoms with Gasteiger partial charge in [-0.2, -0.15) is 18.4 Å². The smallest absolute Gasteiger partial charge is 0.360 e. The molecule has 0 bridgehead atoms. The zero-order valence-electron chi connectivity index (χ0n) is 12.2. The maximum absolute atomic E-state index is 12.9. The van der Waals surface area contributed by atoms with E-state index >= 15 is 0 Å². The third kappa shape index (κ3) is 4.23. The number of hydrogen-bond donors (Lipinski definition) is 2. The summed E-state index contributed by atoms with van der Waals surface area (Å²) >= 11 is 0. The highest BCUT2D eigenvalue weighted by atomic mass is 19.4. The van der Waals surface area contributed by atoms with Gasteiger partial charge in [-0.1, -0.05) is 12.1 Å². The number of hydrogen-bond acceptors (Lipinski definition) is 4. The lowest BCUT2D eigenvalue weighted by Gasteiger charge is -2.27. The SMILES string of the molecule is N#C/C(=C/Nc1ccccc1C(F)(F)F)C(=O)N1CCNCC1. The molecule has 0 aliphatic carbocycles. The summed E-state index contributed by atoms with van der Waals surface area (Å²) in [5, 5.41) is 14.6. The van der Waals surface area contributed by atoms with Crippen molar-refractivity contribution in [2.24, 2.45) is 0 Å². The van der Waals surface area contributed by atoms with Gasteiger partial charge in [-0.25, -0.2) is 0 Å². The Morgan fingerprint density at radius 2 is 1.96 bits per heavy atom. The van der Waals surface area contributed by atoms with Crippen molar-refractivity contribution >= 4 is 11.6 Å². The number of carbonyl (C=O) groups excluding carboxylic acids is 1. The Morgan fingerprint density at radius 1 is 1.30 bits per heavy atom. The number of anilines is 1. The van der Waals surface area contributed by atoms with Crippen LogP contribution in [0.4, 0.5) is 18.9 Å². The van der Waals surface area contributed by atoms with E-state index in [4.69, 9.17) is 5.26 Å². The highest BCUT2D eigenvalue weighted by Crippen LogP contribution is 2.34. The van der Waals surface area contributed by atoms with E-state index in [1.807, 2.05) is 0 Å². The number of nitrogens with one attached hydrogen (secondary N) is 2. The van der Waals surface area contributed by atoms with Crippen molar-refractivity contribution in [1.29, 1.82) is 5.26 Å². The highest BCUT2D eigenvalue weighted by molar-refractivity contribution is 5.97. The first-order valence-electron chi connectivity index (χ1n) is 6.96. The molecule has 1 aliphatic heterocycles. The third-order valence-corrected chi connectivity index (χ3v) is 3.36. The molecule has 1 aromatic rings. The Labute approximate surface area is 131 Å². The van der Waals surface area contributed by atoms with Crippen LogP contribution < -0.4 is 10.6 Å². The van der Waals surface area contributed by atoms with E-state index in [1.54, 1.807) is 6.07 Å². The first-order valence-corrected chi connectivity index (χ1v) is 6.96. The van der Waals surface area contributed by atoms with Gasteiger partial charge in [-0.05, 0) is 12.1 Å². The second-order valence-electron chi connectivity index (χ2n) is 4.90. The predicted molar refractivity (Wildman–Crippen MR) is 78.2 cm³/mol. The molecule has 0 radical (unpaired) electrons. The second kappa shape index (κ2) is 7.15. The molecule has 2 N–H and O–H groups in total. The molecule has 1 fully saturated rings. The quantitative estimate of drug-likeness (QED) is 0.659. The molecular weight excluding hydrogens is 309 g/mol. The summed E-state index contributed by atoms with van der Waals surface area (Å²) in [6, 6.07) is 6.62. The molecule has 122 valence electrons. The lowest BCUT2D eigenvalue weighted by molar-refractivity contribution is -0.137. The van der Waals surface area contributed by atoms with Crippen LogP contribution in [-0.4, -0.2) is 37.0 Å². The molecule has 1 saturated heterocycles. The van der Waals surface area contributed by atoms with Gasteiger partial charge in [0.1, 0.15) is 11.6 Å². The minimum absolute atomic E-state index is 0.208. The summed E-state index contributed by atoms with van der Waals surface area (Å²) in [7, 11) is 0. The van der Waals surface area contributed by atoms with Gasteiger partial charge in [-0.3, -0.25) is 4.79 Å².